The van der Waals surface area contributed by atoms with Gasteiger partial charge in [-0.15, -0.1) is 0 Å². The molecule has 0 aliphatic carbocycles. The molecular formula is C23H23N3O2. The topological polar surface area (TPSA) is 51.3 Å². The average molecular weight is 373 g/mol. The van der Waals surface area contributed by atoms with Gasteiger partial charge in [0.05, 0.1) is 0 Å². The summed E-state index contributed by atoms with van der Waals surface area (Å²) in [5.74, 6) is 1.34. The molecule has 142 valence electrons. The Kier molecular flexibility index (Phi) is 4.35. The van der Waals surface area contributed by atoms with Gasteiger partial charge in [-0.05, 0) is 42.5 Å². The molecule has 1 amide bonds. The number of carbonyl (C=O) groups excluding carboxylic acids is 1. The lowest BCUT2D eigenvalue weighted by atomic mass is 9.96. The molecule has 0 N–H and O–H groups in total. The summed E-state index contributed by atoms with van der Waals surface area (Å²) in [5, 5.41) is 1.22. The molecule has 4 aromatic rings. The molecule has 28 heavy (non-hydrogen) atoms. The number of nitrogens with zero attached hydrogens (tertiary/aromatic N) is 3. The molecule has 1 saturated heterocycles. The Hall–Kier alpha value is -3.08. The van der Waals surface area contributed by atoms with Crippen molar-refractivity contribution >= 4 is 27.9 Å². The Labute approximate surface area is 163 Å². The molecular weight excluding hydrogens is 350 g/mol. The van der Waals surface area contributed by atoms with Crippen LogP contribution in [0.25, 0.3) is 22.0 Å². The van der Waals surface area contributed by atoms with E-state index in [1.54, 1.807) is 0 Å². The molecule has 2 aromatic heterocycles. The van der Waals surface area contributed by atoms with E-state index in [-0.39, 0.29) is 5.91 Å². The number of para-hydroxylation sites is 3. The third-order valence-corrected chi connectivity index (χ3v) is 5.75. The van der Waals surface area contributed by atoms with Crippen LogP contribution in [0.15, 0.2) is 65.2 Å². The minimum absolute atomic E-state index is 0.230. The summed E-state index contributed by atoms with van der Waals surface area (Å²) >= 11 is 0. The minimum atomic E-state index is 0.230. The highest BCUT2D eigenvalue weighted by atomic mass is 16.3. The van der Waals surface area contributed by atoms with Gasteiger partial charge in [0.1, 0.15) is 5.52 Å². The fourth-order valence-corrected chi connectivity index (χ4v) is 4.15. The number of likely N-dealkylation sites (tertiary alicyclic amines) is 1. The molecule has 0 saturated carbocycles. The zero-order chi connectivity index (χ0) is 18.9. The second kappa shape index (κ2) is 7.15. The van der Waals surface area contributed by atoms with Crippen LogP contribution in [0.5, 0.6) is 0 Å². The second-order valence-corrected chi connectivity index (χ2v) is 7.49. The van der Waals surface area contributed by atoms with Crippen LogP contribution in [-0.4, -0.2) is 33.4 Å². The van der Waals surface area contributed by atoms with Gasteiger partial charge in [0.2, 0.25) is 5.91 Å². The Bertz CT molecular complexity index is 1090. The number of rotatable bonds is 4. The predicted molar refractivity (Wildman–Crippen MR) is 109 cm³/mol. The zero-order valence-corrected chi connectivity index (χ0v) is 15.8. The highest BCUT2D eigenvalue weighted by molar-refractivity contribution is 5.80. The molecule has 0 unspecified atom stereocenters. The van der Waals surface area contributed by atoms with Crippen LogP contribution in [0.4, 0.5) is 0 Å². The van der Waals surface area contributed by atoms with Crippen LogP contribution in [0.2, 0.25) is 0 Å². The molecule has 5 heteroatoms. The summed E-state index contributed by atoms with van der Waals surface area (Å²) < 4.78 is 8.09. The van der Waals surface area contributed by atoms with Crippen molar-refractivity contribution in [2.75, 3.05) is 13.1 Å². The number of aryl methyl sites for hydroxylation is 1. The number of hydrogen-bond donors (Lipinski definition) is 0. The zero-order valence-electron chi connectivity index (χ0n) is 15.8. The van der Waals surface area contributed by atoms with Crippen molar-refractivity contribution in [1.29, 1.82) is 0 Å². The van der Waals surface area contributed by atoms with E-state index >= 15 is 0 Å². The van der Waals surface area contributed by atoms with Crippen LogP contribution in [0, 0.1) is 0 Å². The Morgan fingerprint density at radius 3 is 2.68 bits per heavy atom. The second-order valence-electron chi connectivity index (χ2n) is 7.49. The number of aromatic nitrogens is 2. The number of hydrogen-bond acceptors (Lipinski definition) is 3. The Balaban J connectivity index is 1.19. The molecule has 0 spiro atoms. The lowest BCUT2D eigenvalue weighted by molar-refractivity contribution is -0.132. The SMILES string of the molecule is O=C(CCn1ccc2ccccc21)N1CCC(c2nc3ccccc3o2)CC1. The van der Waals surface area contributed by atoms with E-state index in [0.717, 1.165) is 49.5 Å². The van der Waals surface area contributed by atoms with E-state index in [9.17, 15) is 4.79 Å². The third kappa shape index (κ3) is 3.17. The van der Waals surface area contributed by atoms with Crippen molar-refractivity contribution in [2.24, 2.45) is 0 Å². The first-order chi connectivity index (χ1) is 13.8. The molecule has 1 aliphatic heterocycles. The van der Waals surface area contributed by atoms with Crippen LogP contribution in [0.3, 0.4) is 0 Å². The number of benzene rings is 2. The smallest absolute Gasteiger partial charge is 0.224 e. The van der Waals surface area contributed by atoms with Gasteiger partial charge < -0.3 is 13.9 Å². The quantitative estimate of drug-likeness (QED) is 0.526. The van der Waals surface area contributed by atoms with Crippen LogP contribution < -0.4 is 0 Å². The van der Waals surface area contributed by atoms with E-state index < -0.39 is 0 Å². The maximum Gasteiger partial charge on any atom is 0.224 e. The van der Waals surface area contributed by atoms with Gasteiger partial charge in [0.15, 0.2) is 11.5 Å². The van der Waals surface area contributed by atoms with Crippen molar-refractivity contribution < 1.29 is 9.21 Å². The average Bonchev–Trinajstić information content (AvgIpc) is 3.36. The normalized spacial score (nSPS) is 15.5. The van der Waals surface area contributed by atoms with Gasteiger partial charge in [-0.2, -0.15) is 0 Å². The summed E-state index contributed by atoms with van der Waals surface area (Å²) in [4.78, 5) is 19.3. The van der Waals surface area contributed by atoms with Crippen LogP contribution in [-0.2, 0) is 11.3 Å². The van der Waals surface area contributed by atoms with E-state index in [1.807, 2.05) is 41.3 Å². The molecule has 1 fully saturated rings. The summed E-state index contributed by atoms with van der Waals surface area (Å²) in [5.41, 5.74) is 2.94. The van der Waals surface area contributed by atoms with E-state index in [1.165, 1.54) is 10.9 Å². The molecule has 0 bridgehead atoms. The van der Waals surface area contributed by atoms with Crippen LogP contribution in [0.1, 0.15) is 31.1 Å². The summed E-state index contributed by atoms with van der Waals surface area (Å²) in [7, 11) is 0. The number of carbonyl (C=O) groups is 1. The molecule has 5 nitrogen and oxygen atoms in total. The largest absolute Gasteiger partial charge is 0.440 e. The van der Waals surface area contributed by atoms with Crippen molar-refractivity contribution in [3.8, 4) is 0 Å². The highest BCUT2D eigenvalue weighted by Crippen LogP contribution is 2.30. The van der Waals surface area contributed by atoms with Crippen LogP contribution >= 0.6 is 0 Å². The summed E-state index contributed by atoms with van der Waals surface area (Å²) in [6, 6.07) is 18.3. The molecule has 2 aromatic carbocycles. The number of fused-ring (bicyclic) bond motifs is 2. The van der Waals surface area contributed by atoms with Crippen molar-refractivity contribution in [3.05, 3.63) is 66.7 Å². The first-order valence-electron chi connectivity index (χ1n) is 9.95. The molecule has 0 atom stereocenters. The number of oxazole rings is 1. The first kappa shape index (κ1) is 17.0. The lowest BCUT2D eigenvalue weighted by Crippen LogP contribution is -2.38. The van der Waals surface area contributed by atoms with Gasteiger partial charge in [0.25, 0.3) is 0 Å². The molecule has 3 heterocycles. The van der Waals surface area contributed by atoms with Gasteiger partial charge in [-0.25, -0.2) is 4.98 Å². The molecule has 0 radical (unpaired) electrons. The maximum atomic E-state index is 12.7. The standard InChI is InChI=1S/C23H23N3O2/c27-22(12-16-25-13-9-17-5-1-3-7-20(17)25)26-14-10-18(11-15-26)23-24-19-6-2-4-8-21(19)28-23/h1-9,13,18H,10-12,14-16H2. The number of piperidine rings is 1. The maximum absolute atomic E-state index is 12.7. The van der Waals surface area contributed by atoms with E-state index in [0.29, 0.717) is 12.3 Å². The Morgan fingerprint density at radius 2 is 1.82 bits per heavy atom. The minimum Gasteiger partial charge on any atom is -0.440 e. The van der Waals surface area contributed by atoms with Crippen molar-refractivity contribution in [3.63, 3.8) is 0 Å². The Morgan fingerprint density at radius 1 is 1.04 bits per heavy atom. The monoisotopic (exact) mass is 373 g/mol. The third-order valence-electron chi connectivity index (χ3n) is 5.75. The fourth-order valence-electron chi connectivity index (χ4n) is 4.15. The van der Waals surface area contributed by atoms with Gasteiger partial charge in [0, 0.05) is 43.7 Å². The molecule has 1 aliphatic rings. The summed E-state index contributed by atoms with van der Waals surface area (Å²) in [6.07, 6.45) is 4.42. The van der Waals surface area contributed by atoms with E-state index in [4.69, 9.17) is 4.42 Å². The van der Waals surface area contributed by atoms with Crippen molar-refractivity contribution in [1.82, 2.24) is 14.5 Å². The van der Waals surface area contributed by atoms with Gasteiger partial charge in [-0.1, -0.05) is 30.3 Å². The van der Waals surface area contributed by atoms with Crippen molar-refractivity contribution in [2.45, 2.75) is 31.7 Å². The number of amides is 1. The lowest BCUT2D eigenvalue weighted by Gasteiger charge is -2.30. The van der Waals surface area contributed by atoms with Gasteiger partial charge >= 0.3 is 0 Å². The first-order valence-corrected chi connectivity index (χ1v) is 9.95. The predicted octanol–water partition coefficient (Wildman–Crippen LogP) is 4.58. The van der Waals surface area contributed by atoms with E-state index in [2.05, 4.69) is 33.9 Å². The highest BCUT2D eigenvalue weighted by Gasteiger charge is 2.26. The summed E-state index contributed by atoms with van der Waals surface area (Å²) in [6.45, 7) is 2.26. The van der Waals surface area contributed by atoms with Gasteiger partial charge in [-0.3, -0.25) is 4.79 Å². The fraction of sp³-hybridized carbons (Fsp3) is 0.304. The molecule has 5 rings (SSSR count).